The molecule has 1 aliphatic rings. The summed E-state index contributed by atoms with van der Waals surface area (Å²) in [4.78, 5) is 37.5. The molecule has 0 atom stereocenters. The van der Waals surface area contributed by atoms with E-state index in [9.17, 15) is 19.5 Å². The summed E-state index contributed by atoms with van der Waals surface area (Å²) in [5, 5.41) is 18.5. The fourth-order valence-corrected chi connectivity index (χ4v) is 4.35. The van der Waals surface area contributed by atoms with Crippen LogP contribution in [0.3, 0.4) is 0 Å². The summed E-state index contributed by atoms with van der Waals surface area (Å²) >= 11 is 6.31. The van der Waals surface area contributed by atoms with Crippen molar-refractivity contribution >= 4 is 29.3 Å². The lowest BCUT2D eigenvalue weighted by atomic mass is 9.94. The van der Waals surface area contributed by atoms with Gasteiger partial charge in [-0.1, -0.05) is 43.4 Å². The summed E-state index contributed by atoms with van der Waals surface area (Å²) in [7, 11) is 1.50. The molecule has 184 valence electrons. The Balaban J connectivity index is 1.73. The van der Waals surface area contributed by atoms with E-state index in [2.05, 4.69) is 10.4 Å². The molecule has 3 amide bonds. The predicted octanol–water partition coefficient (Wildman–Crippen LogP) is 2.27. The first-order chi connectivity index (χ1) is 16.1. The Morgan fingerprint density at radius 1 is 1.21 bits per heavy atom. The van der Waals surface area contributed by atoms with Crippen molar-refractivity contribution in [2.45, 2.75) is 57.6 Å². The lowest BCUT2D eigenvalue weighted by molar-refractivity contribution is -0.134. The van der Waals surface area contributed by atoms with E-state index < -0.39 is 11.5 Å². The van der Waals surface area contributed by atoms with E-state index in [-0.39, 0.29) is 31.4 Å². The van der Waals surface area contributed by atoms with Crippen molar-refractivity contribution in [1.82, 2.24) is 20.0 Å². The predicted molar refractivity (Wildman–Crippen MR) is 129 cm³/mol. The molecule has 9 nitrogen and oxygen atoms in total. The van der Waals surface area contributed by atoms with Gasteiger partial charge in [-0.25, -0.2) is 0 Å². The molecule has 0 radical (unpaired) electrons. The van der Waals surface area contributed by atoms with Crippen LogP contribution < -0.4 is 11.1 Å². The van der Waals surface area contributed by atoms with Crippen LogP contribution in [0.4, 0.5) is 0 Å². The van der Waals surface area contributed by atoms with Crippen LogP contribution in [0.1, 0.15) is 54.6 Å². The van der Waals surface area contributed by atoms with Gasteiger partial charge in [0.05, 0.1) is 28.4 Å². The summed E-state index contributed by atoms with van der Waals surface area (Å²) in [5.74, 6) is -1.25. The molecule has 1 saturated carbocycles. The molecular weight excluding hydrogens is 458 g/mol. The molecule has 1 aromatic heterocycles. The first kappa shape index (κ1) is 25.7. The van der Waals surface area contributed by atoms with Crippen LogP contribution in [0.25, 0.3) is 11.3 Å². The minimum Gasteiger partial charge on any atom is -0.388 e. The van der Waals surface area contributed by atoms with Gasteiger partial charge in [0.25, 0.3) is 5.91 Å². The number of nitrogens with one attached hydrogen (secondary N) is 1. The minimum atomic E-state index is -0.889. The fraction of sp³-hybridized carbons (Fsp3) is 0.500. The van der Waals surface area contributed by atoms with Crippen LogP contribution in [0.5, 0.6) is 0 Å². The zero-order chi connectivity index (χ0) is 24.9. The number of halogens is 1. The number of aliphatic hydroxyl groups is 1. The van der Waals surface area contributed by atoms with Crippen LogP contribution in [-0.4, -0.2) is 63.2 Å². The highest BCUT2D eigenvalue weighted by atomic mass is 35.5. The molecular formula is C24H32ClN5O4. The second-order valence-electron chi connectivity index (χ2n) is 9.06. The number of rotatable bonds is 8. The van der Waals surface area contributed by atoms with Crippen LogP contribution in [-0.2, 0) is 16.1 Å². The van der Waals surface area contributed by atoms with Gasteiger partial charge in [0, 0.05) is 24.8 Å². The van der Waals surface area contributed by atoms with E-state index in [1.165, 1.54) is 16.6 Å². The summed E-state index contributed by atoms with van der Waals surface area (Å²) in [5.41, 5.74) is 6.55. The molecule has 0 saturated heterocycles. The maximum Gasteiger partial charge on any atom is 0.252 e. The van der Waals surface area contributed by atoms with E-state index in [1.807, 2.05) is 6.92 Å². The van der Waals surface area contributed by atoms with Crippen LogP contribution in [0, 0.1) is 6.92 Å². The molecule has 34 heavy (non-hydrogen) atoms. The SMILES string of the molecule is Cc1cc(-c2ccc(Cl)c(C(=O)NCC3(O)CCCCCC3)c2)nn1CC(=O)N(C)CC(N)=O. The Labute approximate surface area is 204 Å². The summed E-state index contributed by atoms with van der Waals surface area (Å²) < 4.78 is 1.53. The summed E-state index contributed by atoms with van der Waals surface area (Å²) in [6.07, 6.45) is 5.44. The summed E-state index contributed by atoms with van der Waals surface area (Å²) in [6.45, 7) is 1.78. The second-order valence-corrected chi connectivity index (χ2v) is 9.47. The number of hydrogen-bond donors (Lipinski definition) is 3. The van der Waals surface area contributed by atoms with Gasteiger partial charge in [0.2, 0.25) is 11.8 Å². The Morgan fingerprint density at radius 3 is 2.53 bits per heavy atom. The van der Waals surface area contributed by atoms with E-state index >= 15 is 0 Å². The number of aromatic nitrogens is 2. The minimum absolute atomic E-state index is 0.0465. The Morgan fingerprint density at radius 2 is 1.88 bits per heavy atom. The van der Waals surface area contributed by atoms with Gasteiger partial charge in [-0.3, -0.25) is 19.1 Å². The average Bonchev–Trinajstić information content (AvgIpc) is 2.99. The molecule has 1 aromatic carbocycles. The van der Waals surface area contributed by atoms with Crippen molar-refractivity contribution in [1.29, 1.82) is 0 Å². The van der Waals surface area contributed by atoms with Crippen molar-refractivity contribution in [3.05, 3.63) is 40.5 Å². The largest absolute Gasteiger partial charge is 0.388 e. The highest BCUT2D eigenvalue weighted by Gasteiger charge is 2.29. The number of likely N-dealkylation sites (N-methyl/N-ethyl adjacent to an activating group) is 1. The molecule has 10 heteroatoms. The lowest BCUT2D eigenvalue weighted by Crippen LogP contribution is -2.42. The molecule has 1 heterocycles. The van der Waals surface area contributed by atoms with Gasteiger partial charge in [0.15, 0.2) is 0 Å². The van der Waals surface area contributed by atoms with Gasteiger partial charge in [-0.15, -0.1) is 0 Å². The Kier molecular flexibility index (Phi) is 8.33. The number of carbonyl (C=O) groups excluding carboxylic acids is 3. The van der Waals surface area contributed by atoms with Gasteiger partial charge in [0.1, 0.15) is 6.54 Å². The molecule has 0 aliphatic heterocycles. The smallest absolute Gasteiger partial charge is 0.252 e. The highest BCUT2D eigenvalue weighted by molar-refractivity contribution is 6.34. The molecule has 2 aromatic rings. The zero-order valence-corrected chi connectivity index (χ0v) is 20.4. The molecule has 4 N–H and O–H groups in total. The van der Waals surface area contributed by atoms with Crippen LogP contribution in [0.2, 0.25) is 5.02 Å². The topological polar surface area (TPSA) is 131 Å². The van der Waals surface area contributed by atoms with Crippen molar-refractivity contribution in [3.8, 4) is 11.3 Å². The quantitative estimate of drug-likeness (QED) is 0.489. The third-order valence-electron chi connectivity index (χ3n) is 6.20. The van der Waals surface area contributed by atoms with Crippen molar-refractivity contribution in [2.75, 3.05) is 20.1 Å². The maximum atomic E-state index is 12.9. The molecule has 0 unspecified atom stereocenters. The standard InChI is InChI=1S/C24H32ClN5O4/c1-16-11-20(28-30(16)14-22(32)29(2)13-21(26)31)17-7-8-19(25)18(12-17)23(33)27-15-24(34)9-5-3-4-6-10-24/h7-8,11-12,34H,3-6,9-10,13-15H2,1-2H3,(H2,26,31)(H,27,33). The Hall–Kier alpha value is -2.91. The molecule has 1 fully saturated rings. The van der Waals surface area contributed by atoms with Crippen LogP contribution >= 0.6 is 11.6 Å². The van der Waals surface area contributed by atoms with Crippen molar-refractivity contribution < 1.29 is 19.5 Å². The van der Waals surface area contributed by atoms with Gasteiger partial charge in [-0.2, -0.15) is 5.10 Å². The number of benzene rings is 1. The third kappa shape index (κ3) is 6.57. The van der Waals surface area contributed by atoms with Gasteiger partial charge in [-0.05, 0) is 38.0 Å². The fourth-order valence-electron chi connectivity index (χ4n) is 4.14. The normalized spacial score (nSPS) is 15.4. The van der Waals surface area contributed by atoms with E-state index in [0.29, 0.717) is 34.7 Å². The molecule has 3 rings (SSSR count). The van der Waals surface area contributed by atoms with Crippen LogP contribution in [0.15, 0.2) is 24.3 Å². The zero-order valence-electron chi connectivity index (χ0n) is 19.6. The number of primary amides is 1. The molecule has 1 aliphatic carbocycles. The van der Waals surface area contributed by atoms with Crippen molar-refractivity contribution in [2.24, 2.45) is 5.73 Å². The maximum absolute atomic E-state index is 12.9. The third-order valence-corrected chi connectivity index (χ3v) is 6.53. The lowest BCUT2D eigenvalue weighted by Gasteiger charge is -2.26. The van der Waals surface area contributed by atoms with E-state index in [4.69, 9.17) is 17.3 Å². The first-order valence-electron chi connectivity index (χ1n) is 11.5. The van der Waals surface area contributed by atoms with Gasteiger partial charge >= 0.3 is 0 Å². The van der Waals surface area contributed by atoms with Crippen molar-refractivity contribution in [3.63, 3.8) is 0 Å². The monoisotopic (exact) mass is 489 g/mol. The summed E-state index contributed by atoms with van der Waals surface area (Å²) in [6, 6.07) is 6.85. The first-order valence-corrected chi connectivity index (χ1v) is 11.8. The van der Waals surface area contributed by atoms with Gasteiger partial charge < -0.3 is 21.1 Å². The molecule has 0 bridgehead atoms. The number of nitrogens with zero attached hydrogens (tertiary/aromatic N) is 3. The van der Waals surface area contributed by atoms with E-state index in [1.54, 1.807) is 24.3 Å². The van der Waals surface area contributed by atoms with E-state index in [0.717, 1.165) is 31.4 Å². The number of carbonyl (C=O) groups is 3. The molecule has 0 spiro atoms. The Bertz CT molecular complexity index is 1060. The number of amides is 3. The highest BCUT2D eigenvalue weighted by Crippen LogP contribution is 2.28. The number of aryl methyl sites for hydroxylation is 1. The number of hydrogen-bond acceptors (Lipinski definition) is 5. The second kappa shape index (κ2) is 11.0. The number of nitrogens with two attached hydrogens (primary N) is 1. The average molecular weight is 490 g/mol.